The third kappa shape index (κ3) is 2.97. The second-order valence-electron chi connectivity index (χ2n) is 4.37. The average Bonchev–Trinajstić information content (AvgIpc) is 2.42. The molecule has 21 heavy (non-hydrogen) atoms. The molecule has 1 aromatic heterocycles. The first-order valence-electron chi connectivity index (χ1n) is 6.02. The topological polar surface area (TPSA) is 103 Å². The van der Waals surface area contributed by atoms with Crippen LogP contribution in [0.25, 0.3) is 0 Å². The van der Waals surface area contributed by atoms with Crippen molar-refractivity contribution in [2.24, 2.45) is 0 Å². The summed E-state index contributed by atoms with van der Waals surface area (Å²) in [4.78, 5) is 25.5. The number of aromatic carboxylic acids is 1. The maximum atomic E-state index is 11.1. The Morgan fingerprint density at radius 2 is 2.05 bits per heavy atom. The van der Waals surface area contributed by atoms with Gasteiger partial charge in [0.1, 0.15) is 11.5 Å². The number of carboxylic acid groups (broad SMARTS) is 1. The number of pyridine rings is 1. The molecule has 1 heterocycles. The van der Waals surface area contributed by atoms with E-state index in [9.17, 15) is 14.9 Å². The van der Waals surface area contributed by atoms with E-state index in [1.807, 2.05) is 0 Å². The molecule has 0 aliphatic heterocycles. The number of ether oxygens (including phenoxy) is 1. The molecule has 2 aromatic rings. The standard InChI is InChI=1S/C14H12N2O5/c1-8-11(16(19)20)6-10(14(17)18)7-13(8)21-12-4-3-5-15-9(12)2/h3-7H,1-2H3,(H,17,18). The van der Waals surface area contributed by atoms with E-state index in [1.54, 1.807) is 25.3 Å². The number of rotatable bonds is 4. The van der Waals surface area contributed by atoms with Gasteiger partial charge in [-0.1, -0.05) is 0 Å². The molecule has 0 fully saturated rings. The molecule has 0 spiro atoms. The zero-order valence-electron chi connectivity index (χ0n) is 11.4. The summed E-state index contributed by atoms with van der Waals surface area (Å²) in [6.45, 7) is 3.23. The van der Waals surface area contributed by atoms with Crippen molar-refractivity contribution < 1.29 is 19.6 Å². The van der Waals surface area contributed by atoms with E-state index in [0.29, 0.717) is 11.4 Å². The molecule has 108 valence electrons. The Morgan fingerprint density at radius 1 is 1.33 bits per heavy atom. The fourth-order valence-corrected chi connectivity index (χ4v) is 1.79. The minimum Gasteiger partial charge on any atom is -0.478 e. The second kappa shape index (κ2) is 5.58. The van der Waals surface area contributed by atoms with Crippen molar-refractivity contribution in [1.29, 1.82) is 0 Å². The summed E-state index contributed by atoms with van der Waals surface area (Å²) in [6, 6.07) is 5.59. The van der Waals surface area contributed by atoms with Crippen LogP contribution in [0.2, 0.25) is 0 Å². The molecule has 0 radical (unpaired) electrons. The lowest BCUT2D eigenvalue weighted by Gasteiger charge is -2.11. The third-order valence-corrected chi connectivity index (χ3v) is 2.95. The van der Waals surface area contributed by atoms with Gasteiger partial charge in [0.05, 0.1) is 21.7 Å². The van der Waals surface area contributed by atoms with Gasteiger partial charge in [-0.3, -0.25) is 15.1 Å². The van der Waals surface area contributed by atoms with Gasteiger partial charge in [0.15, 0.2) is 0 Å². The molecule has 0 saturated heterocycles. The van der Waals surface area contributed by atoms with Gasteiger partial charge in [-0.2, -0.15) is 0 Å². The molecule has 0 bridgehead atoms. The number of carbonyl (C=O) groups is 1. The zero-order valence-corrected chi connectivity index (χ0v) is 11.4. The van der Waals surface area contributed by atoms with Gasteiger partial charge in [-0.05, 0) is 32.0 Å². The molecule has 0 unspecified atom stereocenters. The molecule has 0 aliphatic rings. The number of benzene rings is 1. The number of carboxylic acids is 1. The predicted octanol–water partition coefficient (Wildman–Crippen LogP) is 3.10. The molecular weight excluding hydrogens is 276 g/mol. The highest BCUT2D eigenvalue weighted by Gasteiger charge is 2.20. The first-order valence-corrected chi connectivity index (χ1v) is 6.02. The monoisotopic (exact) mass is 288 g/mol. The van der Waals surface area contributed by atoms with Gasteiger partial charge in [-0.15, -0.1) is 0 Å². The molecule has 0 aliphatic carbocycles. The average molecular weight is 288 g/mol. The van der Waals surface area contributed by atoms with E-state index in [4.69, 9.17) is 9.84 Å². The van der Waals surface area contributed by atoms with Crippen molar-refractivity contribution in [3.63, 3.8) is 0 Å². The Hall–Kier alpha value is -2.96. The molecule has 2 rings (SSSR count). The molecule has 0 saturated carbocycles. The fourth-order valence-electron chi connectivity index (χ4n) is 1.79. The van der Waals surface area contributed by atoms with E-state index in [2.05, 4.69) is 4.98 Å². The van der Waals surface area contributed by atoms with Crippen LogP contribution < -0.4 is 4.74 Å². The Bertz CT molecular complexity index is 727. The van der Waals surface area contributed by atoms with Crippen LogP contribution >= 0.6 is 0 Å². The maximum Gasteiger partial charge on any atom is 0.336 e. The molecule has 1 aromatic carbocycles. The van der Waals surface area contributed by atoms with Crippen LogP contribution in [0.15, 0.2) is 30.5 Å². The van der Waals surface area contributed by atoms with E-state index in [-0.39, 0.29) is 22.6 Å². The van der Waals surface area contributed by atoms with Gasteiger partial charge < -0.3 is 9.84 Å². The first kappa shape index (κ1) is 14.4. The van der Waals surface area contributed by atoms with E-state index in [1.165, 1.54) is 13.0 Å². The van der Waals surface area contributed by atoms with E-state index >= 15 is 0 Å². The predicted molar refractivity (Wildman–Crippen MR) is 73.8 cm³/mol. The quantitative estimate of drug-likeness (QED) is 0.685. The largest absolute Gasteiger partial charge is 0.478 e. The maximum absolute atomic E-state index is 11.1. The summed E-state index contributed by atoms with van der Waals surface area (Å²) in [5, 5.41) is 20.0. The number of hydrogen-bond acceptors (Lipinski definition) is 5. The molecule has 1 N–H and O–H groups in total. The lowest BCUT2D eigenvalue weighted by Crippen LogP contribution is -2.02. The minimum atomic E-state index is -1.26. The summed E-state index contributed by atoms with van der Waals surface area (Å²) in [5.41, 5.74) is 0.351. The number of aromatic nitrogens is 1. The lowest BCUT2D eigenvalue weighted by atomic mass is 10.1. The number of nitrogens with zero attached hydrogens (tertiary/aromatic N) is 2. The smallest absolute Gasteiger partial charge is 0.336 e. The van der Waals surface area contributed by atoms with Crippen molar-refractivity contribution in [1.82, 2.24) is 4.98 Å². The van der Waals surface area contributed by atoms with Gasteiger partial charge in [0.25, 0.3) is 5.69 Å². The van der Waals surface area contributed by atoms with Crippen LogP contribution in [0.3, 0.4) is 0 Å². The first-order chi connectivity index (χ1) is 9.90. The van der Waals surface area contributed by atoms with Crippen LogP contribution in [0.1, 0.15) is 21.6 Å². The minimum absolute atomic E-state index is 0.123. The van der Waals surface area contributed by atoms with Gasteiger partial charge >= 0.3 is 5.97 Å². The Kier molecular flexibility index (Phi) is 3.84. The molecule has 7 heteroatoms. The Morgan fingerprint density at radius 3 is 2.62 bits per heavy atom. The molecule has 0 atom stereocenters. The molecule has 0 amide bonds. The zero-order chi connectivity index (χ0) is 15.6. The van der Waals surface area contributed by atoms with Crippen LogP contribution in [0, 0.1) is 24.0 Å². The van der Waals surface area contributed by atoms with E-state index < -0.39 is 10.9 Å². The van der Waals surface area contributed by atoms with Crippen molar-refractivity contribution in [2.75, 3.05) is 0 Å². The van der Waals surface area contributed by atoms with Crippen molar-refractivity contribution in [2.45, 2.75) is 13.8 Å². The third-order valence-electron chi connectivity index (χ3n) is 2.95. The number of hydrogen-bond donors (Lipinski definition) is 1. The van der Waals surface area contributed by atoms with Crippen LogP contribution in [0.4, 0.5) is 5.69 Å². The van der Waals surface area contributed by atoms with Crippen molar-refractivity contribution in [3.8, 4) is 11.5 Å². The van der Waals surface area contributed by atoms with Gasteiger partial charge in [0, 0.05) is 12.3 Å². The van der Waals surface area contributed by atoms with Crippen LogP contribution in [0.5, 0.6) is 11.5 Å². The van der Waals surface area contributed by atoms with Crippen molar-refractivity contribution >= 4 is 11.7 Å². The normalized spacial score (nSPS) is 10.2. The van der Waals surface area contributed by atoms with Gasteiger partial charge in [-0.25, -0.2) is 4.79 Å². The number of nitro groups is 1. The SMILES string of the molecule is Cc1ncccc1Oc1cc(C(=O)O)cc([N+](=O)[O-])c1C. The van der Waals surface area contributed by atoms with Crippen LogP contribution in [-0.4, -0.2) is 21.0 Å². The fraction of sp³-hybridized carbons (Fsp3) is 0.143. The highest BCUT2D eigenvalue weighted by Crippen LogP contribution is 2.33. The second-order valence-corrected chi connectivity index (χ2v) is 4.37. The Labute approximate surface area is 120 Å². The molecule has 7 nitrogen and oxygen atoms in total. The number of nitro benzene ring substituents is 1. The van der Waals surface area contributed by atoms with Crippen LogP contribution in [-0.2, 0) is 0 Å². The summed E-state index contributed by atoms with van der Waals surface area (Å²) in [6.07, 6.45) is 1.59. The summed E-state index contributed by atoms with van der Waals surface area (Å²) >= 11 is 0. The Balaban J connectivity index is 2.55. The van der Waals surface area contributed by atoms with Crippen molar-refractivity contribution in [3.05, 3.63) is 57.4 Å². The lowest BCUT2D eigenvalue weighted by molar-refractivity contribution is -0.385. The highest BCUT2D eigenvalue weighted by molar-refractivity contribution is 5.89. The van der Waals surface area contributed by atoms with Gasteiger partial charge in [0.2, 0.25) is 0 Å². The summed E-state index contributed by atoms with van der Waals surface area (Å²) < 4.78 is 5.59. The summed E-state index contributed by atoms with van der Waals surface area (Å²) in [5.74, 6) is -0.721. The van der Waals surface area contributed by atoms with E-state index in [0.717, 1.165) is 6.07 Å². The summed E-state index contributed by atoms with van der Waals surface area (Å²) in [7, 11) is 0. The molecular formula is C14H12N2O5. The highest BCUT2D eigenvalue weighted by atomic mass is 16.6. The number of aryl methyl sites for hydroxylation is 1.